The lowest BCUT2D eigenvalue weighted by atomic mass is 9.68. The fraction of sp³-hybridized carbons (Fsp3) is 0.632. The van der Waals surface area contributed by atoms with Crippen LogP contribution in [0.15, 0.2) is 29.2 Å². The van der Waals surface area contributed by atoms with E-state index in [0.717, 1.165) is 31.1 Å². The van der Waals surface area contributed by atoms with E-state index in [1.54, 1.807) is 28.9 Å². The third kappa shape index (κ3) is 4.06. The van der Waals surface area contributed by atoms with E-state index in [1.165, 1.54) is 51.2 Å². The fourth-order valence-corrected chi connectivity index (χ4v) is 5.16. The molecule has 0 radical (unpaired) electrons. The lowest BCUT2D eigenvalue weighted by Crippen LogP contribution is -2.41. The van der Waals surface area contributed by atoms with Gasteiger partial charge in [0.1, 0.15) is 0 Å². The molecule has 1 saturated carbocycles. The van der Waals surface area contributed by atoms with Crippen molar-refractivity contribution in [2.45, 2.75) is 56.4 Å². The summed E-state index contributed by atoms with van der Waals surface area (Å²) in [5, 5.41) is 12.1. The molecule has 2 aliphatic rings. The number of hydrogen-bond donors (Lipinski definition) is 0. The maximum absolute atomic E-state index is 11.6. The van der Waals surface area contributed by atoms with E-state index >= 15 is 0 Å². The lowest BCUT2D eigenvalue weighted by molar-refractivity contribution is 0.0625. The number of benzene rings is 1. The van der Waals surface area contributed by atoms with Crippen LogP contribution in [0.4, 0.5) is 0 Å². The van der Waals surface area contributed by atoms with Crippen molar-refractivity contribution in [2.24, 2.45) is 5.41 Å². The summed E-state index contributed by atoms with van der Waals surface area (Å²) in [5.74, 6) is 0.793. The zero-order valence-corrected chi connectivity index (χ0v) is 16.7. The Kier molecular flexibility index (Phi) is 5.03. The Morgan fingerprint density at radius 3 is 2.30 bits per heavy atom. The Bertz CT molecular complexity index is 875. The molecule has 1 saturated heterocycles. The van der Waals surface area contributed by atoms with Crippen molar-refractivity contribution in [3.8, 4) is 5.69 Å². The number of aromatic nitrogens is 4. The molecule has 2 aromatic rings. The third-order valence-corrected chi connectivity index (χ3v) is 7.37. The van der Waals surface area contributed by atoms with Gasteiger partial charge in [-0.25, -0.2) is 8.42 Å². The van der Waals surface area contributed by atoms with E-state index in [4.69, 9.17) is 0 Å². The van der Waals surface area contributed by atoms with Crippen LogP contribution in [0.25, 0.3) is 5.69 Å². The van der Waals surface area contributed by atoms with Gasteiger partial charge in [0, 0.05) is 6.26 Å². The number of tetrazole rings is 1. The summed E-state index contributed by atoms with van der Waals surface area (Å²) < 4.78 is 25.0. The Hall–Kier alpha value is -1.80. The first kappa shape index (κ1) is 18.6. The van der Waals surface area contributed by atoms with Crippen LogP contribution in [0.2, 0.25) is 0 Å². The standard InChI is InChI=1S/C19H27N5O2S/c1-27(25,26)17-7-5-16(6-8-17)24-18(20-21-22-24)15-23-13-11-19(12-14-23)9-3-2-4-10-19/h5-8H,2-4,9-15H2,1H3. The van der Waals surface area contributed by atoms with Gasteiger partial charge in [-0.2, -0.15) is 4.68 Å². The first-order valence-corrected chi connectivity index (χ1v) is 11.6. The number of likely N-dealkylation sites (tertiary alicyclic amines) is 1. The molecule has 4 rings (SSSR count). The normalized spacial score (nSPS) is 20.8. The fourth-order valence-electron chi connectivity index (χ4n) is 4.53. The molecule has 8 heteroatoms. The minimum atomic E-state index is -3.20. The average Bonchev–Trinajstić information content (AvgIpc) is 3.12. The van der Waals surface area contributed by atoms with Crippen molar-refractivity contribution in [1.82, 2.24) is 25.1 Å². The van der Waals surface area contributed by atoms with Crippen molar-refractivity contribution in [3.63, 3.8) is 0 Å². The minimum Gasteiger partial charge on any atom is -0.296 e. The molecule has 0 amide bonds. The van der Waals surface area contributed by atoms with Crippen LogP contribution in [0.1, 0.15) is 50.8 Å². The van der Waals surface area contributed by atoms with Crippen molar-refractivity contribution in [3.05, 3.63) is 30.1 Å². The highest BCUT2D eigenvalue weighted by Gasteiger charge is 2.35. The summed E-state index contributed by atoms with van der Waals surface area (Å²) in [7, 11) is -3.20. The molecule has 0 unspecified atom stereocenters. The van der Waals surface area contributed by atoms with E-state index in [2.05, 4.69) is 20.4 Å². The Labute approximate surface area is 160 Å². The number of hydrogen-bond acceptors (Lipinski definition) is 6. The number of rotatable bonds is 4. The molecule has 1 aliphatic carbocycles. The van der Waals surface area contributed by atoms with Crippen LogP contribution in [-0.2, 0) is 16.4 Å². The molecule has 0 bridgehead atoms. The van der Waals surface area contributed by atoms with Crippen molar-refractivity contribution in [2.75, 3.05) is 19.3 Å². The van der Waals surface area contributed by atoms with E-state index in [9.17, 15) is 8.42 Å². The molecule has 146 valence electrons. The summed E-state index contributed by atoms with van der Waals surface area (Å²) in [6, 6.07) is 6.71. The van der Waals surface area contributed by atoms with E-state index in [1.807, 2.05) is 0 Å². The molecule has 1 aromatic heterocycles. The van der Waals surface area contributed by atoms with Gasteiger partial charge in [0.05, 0.1) is 17.1 Å². The van der Waals surface area contributed by atoms with E-state index in [-0.39, 0.29) is 0 Å². The molecule has 1 aromatic carbocycles. The van der Waals surface area contributed by atoms with Crippen molar-refractivity contribution in [1.29, 1.82) is 0 Å². The number of piperidine rings is 1. The van der Waals surface area contributed by atoms with Gasteiger partial charge >= 0.3 is 0 Å². The monoisotopic (exact) mass is 389 g/mol. The summed E-state index contributed by atoms with van der Waals surface area (Å²) >= 11 is 0. The maximum Gasteiger partial charge on any atom is 0.175 e. The molecule has 7 nitrogen and oxygen atoms in total. The Morgan fingerprint density at radius 2 is 1.67 bits per heavy atom. The second-order valence-corrected chi connectivity index (χ2v) is 10.1. The smallest absolute Gasteiger partial charge is 0.175 e. The Balaban J connectivity index is 1.44. The average molecular weight is 390 g/mol. The van der Waals surface area contributed by atoms with Crippen molar-refractivity contribution < 1.29 is 8.42 Å². The minimum absolute atomic E-state index is 0.301. The highest BCUT2D eigenvalue weighted by atomic mass is 32.2. The predicted molar refractivity (Wildman–Crippen MR) is 102 cm³/mol. The van der Waals surface area contributed by atoms with Gasteiger partial charge in [-0.15, -0.1) is 5.10 Å². The van der Waals surface area contributed by atoms with Gasteiger partial charge in [0.15, 0.2) is 15.7 Å². The zero-order chi connectivity index (χ0) is 18.9. The summed E-state index contributed by atoms with van der Waals surface area (Å²) in [5.41, 5.74) is 1.37. The van der Waals surface area contributed by atoms with E-state index in [0.29, 0.717) is 10.3 Å². The van der Waals surface area contributed by atoms with Crippen LogP contribution in [0.3, 0.4) is 0 Å². The predicted octanol–water partition coefficient (Wildman–Crippen LogP) is 2.61. The van der Waals surface area contributed by atoms with Gasteiger partial charge in [-0.1, -0.05) is 19.3 Å². The van der Waals surface area contributed by atoms with Crippen LogP contribution >= 0.6 is 0 Å². The molecule has 2 heterocycles. The largest absolute Gasteiger partial charge is 0.296 e. The van der Waals surface area contributed by atoms with E-state index < -0.39 is 9.84 Å². The number of sulfone groups is 1. The van der Waals surface area contributed by atoms with Crippen molar-refractivity contribution >= 4 is 9.84 Å². The van der Waals surface area contributed by atoms with Gasteiger partial charge in [0.25, 0.3) is 0 Å². The summed E-state index contributed by atoms with van der Waals surface area (Å²) in [6.45, 7) is 2.91. The second-order valence-electron chi connectivity index (χ2n) is 8.11. The van der Waals surface area contributed by atoms with Crippen LogP contribution < -0.4 is 0 Å². The highest BCUT2D eigenvalue weighted by Crippen LogP contribution is 2.44. The van der Waals surface area contributed by atoms with Crippen LogP contribution in [0.5, 0.6) is 0 Å². The SMILES string of the molecule is CS(=O)(=O)c1ccc(-n2nnnc2CN2CCC3(CCCCC3)CC2)cc1. The quantitative estimate of drug-likeness (QED) is 0.800. The molecular formula is C19H27N5O2S. The lowest BCUT2D eigenvalue weighted by Gasteiger charge is -2.44. The summed E-state index contributed by atoms with van der Waals surface area (Å²) in [4.78, 5) is 2.74. The first-order chi connectivity index (χ1) is 13.0. The maximum atomic E-state index is 11.6. The zero-order valence-electron chi connectivity index (χ0n) is 15.8. The molecule has 0 atom stereocenters. The molecule has 1 spiro atoms. The topological polar surface area (TPSA) is 81.0 Å². The van der Waals surface area contributed by atoms with Gasteiger partial charge < -0.3 is 0 Å². The molecular weight excluding hydrogens is 362 g/mol. The molecule has 2 fully saturated rings. The summed E-state index contributed by atoms with van der Waals surface area (Å²) in [6.07, 6.45) is 10.7. The van der Waals surface area contributed by atoms with Gasteiger partial charge in [0.2, 0.25) is 0 Å². The molecule has 27 heavy (non-hydrogen) atoms. The van der Waals surface area contributed by atoms with Gasteiger partial charge in [-0.05, 0) is 78.9 Å². The Morgan fingerprint density at radius 1 is 1.00 bits per heavy atom. The van der Waals surface area contributed by atoms with Gasteiger partial charge in [-0.3, -0.25) is 4.90 Å². The third-order valence-electron chi connectivity index (χ3n) is 6.24. The first-order valence-electron chi connectivity index (χ1n) is 9.75. The number of nitrogens with zero attached hydrogens (tertiary/aromatic N) is 5. The van der Waals surface area contributed by atoms with Crippen LogP contribution in [0, 0.1) is 5.41 Å². The molecule has 0 N–H and O–H groups in total. The second kappa shape index (κ2) is 7.31. The highest BCUT2D eigenvalue weighted by molar-refractivity contribution is 7.90. The van der Waals surface area contributed by atoms with Crippen LogP contribution in [-0.4, -0.2) is 52.9 Å². The molecule has 1 aliphatic heterocycles.